The first-order valence-corrected chi connectivity index (χ1v) is 13.9. The van der Waals surface area contributed by atoms with Crippen LogP contribution < -0.4 is 11.1 Å². The van der Waals surface area contributed by atoms with E-state index in [0.717, 1.165) is 48.4 Å². The number of carbonyl (C=O) groups excluding carboxylic acids is 1. The van der Waals surface area contributed by atoms with Gasteiger partial charge in [0.1, 0.15) is 11.5 Å². The van der Waals surface area contributed by atoms with Crippen LogP contribution in [0, 0.1) is 0 Å². The molecular formula is C29H39N3O3S. The number of hydrogen-bond acceptors (Lipinski definition) is 6. The molecule has 0 bridgehead atoms. The molecule has 194 valence electrons. The average Bonchev–Trinajstić information content (AvgIpc) is 2.87. The lowest BCUT2D eigenvalue weighted by atomic mass is 9.94. The predicted octanol–water partition coefficient (Wildman–Crippen LogP) is 4.38. The van der Waals surface area contributed by atoms with Gasteiger partial charge in [-0.3, -0.25) is 9.69 Å². The molecule has 5 N–H and O–H groups in total. The third-order valence-corrected chi connectivity index (χ3v) is 7.30. The molecule has 2 aromatic rings. The van der Waals surface area contributed by atoms with Crippen LogP contribution in [0.15, 0.2) is 55.6 Å². The molecule has 6 nitrogen and oxygen atoms in total. The number of rotatable bonds is 12. The van der Waals surface area contributed by atoms with Crippen molar-refractivity contribution in [2.24, 2.45) is 5.73 Å². The van der Waals surface area contributed by atoms with Crippen molar-refractivity contribution >= 4 is 17.7 Å². The highest BCUT2D eigenvalue weighted by Gasteiger charge is 2.24. The lowest BCUT2D eigenvalue weighted by Gasteiger charge is -2.33. The number of benzene rings is 2. The maximum atomic E-state index is 12.4. The van der Waals surface area contributed by atoms with Gasteiger partial charge in [0.2, 0.25) is 5.91 Å². The third kappa shape index (κ3) is 7.38. The number of likely N-dealkylation sites (tertiary alicyclic amines) is 1. The van der Waals surface area contributed by atoms with Gasteiger partial charge >= 0.3 is 0 Å². The van der Waals surface area contributed by atoms with E-state index in [1.165, 1.54) is 0 Å². The van der Waals surface area contributed by atoms with E-state index in [0.29, 0.717) is 36.9 Å². The Morgan fingerprint density at radius 3 is 2.47 bits per heavy atom. The number of allylic oxidation sites excluding steroid dienone is 2. The number of aromatic hydroxyl groups is 2. The Balaban J connectivity index is 1.73. The molecule has 0 spiro atoms. The Kier molecular flexibility index (Phi) is 10.5. The van der Waals surface area contributed by atoms with Gasteiger partial charge in [0.25, 0.3) is 0 Å². The number of phenols is 2. The Bertz CT molecular complexity index is 1060. The van der Waals surface area contributed by atoms with Crippen LogP contribution in [0.1, 0.15) is 36.0 Å². The SMILES string of the molecule is C=CCc1ccc(O)c(-c2cc(CC=C)cc(CN3CCC(NC(=O)[C@H](N)CCSC)CC3)c2O)c1. The van der Waals surface area contributed by atoms with Crippen LogP contribution in [0.25, 0.3) is 11.1 Å². The molecule has 1 amide bonds. The van der Waals surface area contributed by atoms with Crippen LogP contribution >= 0.6 is 11.8 Å². The number of piperidine rings is 1. The largest absolute Gasteiger partial charge is 0.507 e. The fourth-order valence-corrected chi connectivity index (χ4v) is 5.11. The number of nitrogens with zero attached hydrogens (tertiary/aromatic N) is 1. The summed E-state index contributed by atoms with van der Waals surface area (Å²) in [6.45, 7) is 9.87. The summed E-state index contributed by atoms with van der Waals surface area (Å²) < 4.78 is 0. The molecule has 1 atom stereocenters. The Hall–Kier alpha value is -2.74. The molecule has 0 aromatic heterocycles. The van der Waals surface area contributed by atoms with Gasteiger partial charge in [0.05, 0.1) is 6.04 Å². The third-order valence-electron chi connectivity index (χ3n) is 6.66. The Morgan fingerprint density at radius 1 is 1.14 bits per heavy atom. The van der Waals surface area contributed by atoms with Gasteiger partial charge in [-0.05, 0) is 73.4 Å². The van der Waals surface area contributed by atoms with Crippen molar-refractivity contribution < 1.29 is 15.0 Å². The number of carbonyl (C=O) groups is 1. The molecule has 1 aliphatic heterocycles. The van der Waals surface area contributed by atoms with Crippen molar-refractivity contribution in [3.8, 4) is 22.6 Å². The first-order chi connectivity index (χ1) is 17.4. The molecule has 36 heavy (non-hydrogen) atoms. The first kappa shape index (κ1) is 27.8. The van der Waals surface area contributed by atoms with Gasteiger partial charge in [0.15, 0.2) is 0 Å². The lowest BCUT2D eigenvalue weighted by Crippen LogP contribution is -2.49. The van der Waals surface area contributed by atoms with Gasteiger partial charge in [0, 0.05) is 42.4 Å². The van der Waals surface area contributed by atoms with Gasteiger partial charge in [-0.15, -0.1) is 13.2 Å². The fraction of sp³-hybridized carbons (Fsp3) is 0.414. The highest BCUT2D eigenvalue weighted by Crippen LogP contribution is 2.39. The monoisotopic (exact) mass is 509 g/mol. The standard InChI is InChI=1S/C29H39N3O3S/c1-4-6-20-8-9-27(33)24(17-20)25-18-21(7-5-2)16-22(28(25)34)19-32-13-10-23(11-14-32)31-29(35)26(30)12-15-36-3/h4-5,8-9,16-18,23,26,33-34H,1-2,6-7,10-15,19,30H2,3H3,(H,31,35)/t26-/m1/s1. The minimum Gasteiger partial charge on any atom is -0.507 e. The average molecular weight is 510 g/mol. The molecule has 0 aliphatic carbocycles. The summed E-state index contributed by atoms with van der Waals surface area (Å²) in [7, 11) is 0. The summed E-state index contributed by atoms with van der Waals surface area (Å²) in [5, 5.41) is 25.0. The smallest absolute Gasteiger partial charge is 0.237 e. The van der Waals surface area contributed by atoms with Crippen LogP contribution in [0.4, 0.5) is 0 Å². The van der Waals surface area contributed by atoms with Crippen molar-refractivity contribution in [3.05, 3.63) is 72.3 Å². The molecule has 1 saturated heterocycles. The van der Waals surface area contributed by atoms with Crippen LogP contribution in [0.2, 0.25) is 0 Å². The quantitative estimate of drug-likeness (QED) is 0.317. The van der Waals surface area contributed by atoms with Crippen LogP contribution in [0.3, 0.4) is 0 Å². The van der Waals surface area contributed by atoms with Crippen molar-refractivity contribution in [2.45, 2.75) is 50.7 Å². The number of hydrogen-bond donors (Lipinski definition) is 4. The molecule has 3 rings (SSSR count). The van der Waals surface area contributed by atoms with E-state index in [2.05, 4.69) is 23.4 Å². The number of phenolic OH excluding ortho intramolecular Hbond substituents is 2. The van der Waals surface area contributed by atoms with E-state index in [9.17, 15) is 15.0 Å². The van der Waals surface area contributed by atoms with E-state index < -0.39 is 6.04 Å². The summed E-state index contributed by atoms with van der Waals surface area (Å²) >= 11 is 1.69. The van der Waals surface area contributed by atoms with Crippen LogP contribution in [0.5, 0.6) is 11.5 Å². The van der Waals surface area contributed by atoms with Gasteiger partial charge in [-0.25, -0.2) is 0 Å². The molecule has 1 fully saturated rings. The van der Waals surface area contributed by atoms with Gasteiger partial charge < -0.3 is 21.3 Å². The number of amides is 1. The van der Waals surface area contributed by atoms with E-state index in [1.54, 1.807) is 17.8 Å². The zero-order chi connectivity index (χ0) is 26.1. The van der Waals surface area contributed by atoms with E-state index in [4.69, 9.17) is 5.73 Å². The normalized spacial score (nSPS) is 15.4. The molecule has 0 unspecified atom stereocenters. The lowest BCUT2D eigenvalue weighted by molar-refractivity contribution is -0.123. The van der Waals surface area contributed by atoms with E-state index in [1.807, 2.05) is 42.7 Å². The maximum absolute atomic E-state index is 12.4. The highest BCUT2D eigenvalue weighted by molar-refractivity contribution is 7.98. The number of nitrogens with two attached hydrogens (primary N) is 1. The van der Waals surface area contributed by atoms with Gasteiger partial charge in [-0.2, -0.15) is 11.8 Å². The molecular weight excluding hydrogens is 470 g/mol. The molecule has 0 radical (unpaired) electrons. The molecule has 2 aromatic carbocycles. The first-order valence-electron chi connectivity index (χ1n) is 12.5. The zero-order valence-electron chi connectivity index (χ0n) is 21.2. The van der Waals surface area contributed by atoms with Crippen molar-refractivity contribution in [2.75, 3.05) is 25.1 Å². The second-order valence-electron chi connectivity index (χ2n) is 9.44. The maximum Gasteiger partial charge on any atom is 0.237 e. The molecule has 1 aliphatic rings. The van der Waals surface area contributed by atoms with E-state index in [-0.39, 0.29) is 23.4 Å². The van der Waals surface area contributed by atoms with Crippen LogP contribution in [-0.4, -0.2) is 58.2 Å². The van der Waals surface area contributed by atoms with Crippen molar-refractivity contribution in [3.63, 3.8) is 0 Å². The summed E-state index contributed by atoms with van der Waals surface area (Å²) in [5.41, 5.74) is 10.1. The molecule has 1 heterocycles. The second kappa shape index (κ2) is 13.5. The zero-order valence-corrected chi connectivity index (χ0v) is 22.0. The summed E-state index contributed by atoms with van der Waals surface area (Å²) in [6, 6.07) is 9.05. The molecule has 7 heteroatoms. The minimum absolute atomic E-state index is 0.0691. The van der Waals surface area contributed by atoms with Gasteiger partial charge in [-0.1, -0.05) is 24.3 Å². The Morgan fingerprint density at radius 2 is 1.81 bits per heavy atom. The van der Waals surface area contributed by atoms with Crippen LogP contribution in [-0.2, 0) is 24.2 Å². The predicted molar refractivity (Wildman–Crippen MR) is 150 cm³/mol. The number of thioether (sulfide) groups is 1. The minimum atomic E-state index is -0.458. The summed E-state index contributed by atoms with van der Waals surface area (Å²) in [5.74, 6) is 1.12. The van der Waals surface area contributed by atoms with Crippen molar-refractivity contribution in [1.29, 1.82) is 0 Å². The Labute approximate surface area is 219 Å². The second-order valence-corrected chi connectivity index (χ2v) is 10.4. The highest BCUT2D eigenvalue weighted by atomic mass is 32.2. The number of nitrogens with one attached hydrogen (secondary N) is 1. The van der Waals surface area contributed by atoms with E-state index >= 15 is 0 Å². The summed E-state index contributed by atoms with van der Waals surface area (Å²) in [6.07, 6.45) is 9.37. The summed E-state index contributed by atoms with van der Waals surface area (Å²) in [4.78, 5) is 14.7. The fourth-order valence-electron chi connectivity index (χ4n) is 4.62. The van der Waals surface area contributed by atoms with Crippen molar-refractivity contribution in [1.82, 2.24) is 10.2 Å². The molecule has 0 saturated carbocycles. The topological polar surface area (TPSA) is 98.8 Å².